The van der Waals surface area contributed by atoms with E-state index in [1.807, 2.05) is 0 Å². The van der Waals surface area contributed by atoms with Crippen LogP contribution in [0.1, 0.15) is 33.8 Å². The number of likely N-dealkylation sites (tertiary alicyclic amines) is 1. The van der Waals surface area contributed by atoms with Crippen molar-refractivity contribution in [3.05, 3.63) is 63.1 Å². The number of nitrogens with zero attached hydrogens (tertiary/aromatic N) is 2. The Bertz CT molecular complexity index is 965. The summed E-state index contributed by atoms with van der Waals surface area (Å²) < 4.78 is 0. The van der Waals surface area contributed by atoms with Gasteiger partial charge < -0.3 is 9.80 Å². The second-order valence-corrected chi connectivity index (χ2v) is 8.77. The Labute approximate surface area is 180 Å². The van der Waals surface area contributed by atoms with Crippen LogP contribution in [0.4, 0.5) is 5.69 Å². The number of anilines is 1. The van der Waals surface area contributed by atoms with Crippen LogP contribution in [0.3, 0.4) is 0 Å². The molecule has 0 bridgehead atoms. The first kappa shape index (κ1) is 19.6. The number of fused-ring (bicyclic) bond motifs is 3. The van der Waals surface area contributed by atoms with Gasteiger partial charge in [-0.15, -0.1) is 0 Å². The summed E-state index contributed by atoms with van der Waals surface area (Å²) >= 11 is 17.8. The van der Waals surface area contributed by atoms with Gasteiger partial charge in [0.1, 0.15) is 0 Å². The molecule has 146 valence electrons. The molecule has 2 heterocycles. The van der Waals surface area contributed by atoms with Crippen LogP contribution >= 0.6 is 35.4 Å². The molecule has 1 N–H and O–H groups in total. The van der Waals surface area contributed by atoms with Crippen molar-refractivity contribution in [2.24, 2.45) is 0 Å². The van der Waals surface area contributed by atoms with Crippen LogP contribution in [0, 0.1) is 6.92 Å². The zero-order valence-corrected chi connectivity index (χ0v) is 18.0. The normalized spacial score (nSPS) is 21.2. The zero-order chi connectivity index (χ0) is 20.0. The molecular weight excluding hydrogens is 413 g/mol. The molecular formula is C21H21Cl2N3OS. The van der Waals surface area contributed by atoms with Crippen LogP contribution in [0.15, 0.2) is 36.4 Å². The van der Waals surface area contributed by atoms with E-state index in [1.54, 1.807) is 18.2 Å². The Kier molecular flexibility index (Phi) is 5.36. The fourth-order valence-corrected chi connectivity index (χ4v) is 5.07. The van der Waals surface area contributed by atoms with Gasteiger partial charge in [-0.05, 0) is 69.0 Å². The molecule has 0 aromatic heterocycles. The highest BCUT2D eigenvalue weighted by Crippen LogP contribution is 2.45. The maximum atomic E-state index is 12.8. The molecule has 2 aromatic carbocycles. The Morgan fingerprint density at radius 3 is 2.75 bits per heavy atom. The van der Waals surface area contributed by atoms with Crippen molar-refractivity contribution in [3.63, 3.8) is 0 Å². The molecule has 0 spiro atoms. The Hall–Kier alpha value is -1.66. The molecule has 2 atom stereocenters. The average molecular weight is 434 g/mol. The Balaban J connectivity index is 1.62. The first-order valence-corrected chi connectivity index (χ1v) is 10.4. The number of halogens is 2. The molecule has 2 aliphatic heterocycles. The predicted molar refractivity (Wildman–Crippen MR) is 119 cm³/mol. The fourth-order valence-electron chi connectivity index (χ4n) is 4.24. The third kappa shape index (κ3) is 3.52. The van der Waals surface area contributed by atoms with Crippen molar-refractivity contribution >= 4 is 52.1 Å². The lowest BCUT2D eigenvalue weighted by atomic mass is 9.89. The maximum Gasteiger partial charge on any atom is 0.258 e. The van der Waals surface area contributed by atoms with E-state index in [9.17, 15) is 4.79 Å². The molecule has 1 fully saturated rings. The quantitative estimate of drug-likeness (QED) is 0.665. The summed E-state index contributed by atoms with van der Waals surface area (Å²) in [6.45, 7) is 4.09. The number of hydrogen-bond acceptors (Lipinski definition) is 3. The van der Waals surface area contributed by atoms with Gasteiger partial charge in [0, 0.05) is 29.2 Å². The summed E-state index contributed by atoms with van der Waals surface area (Å²) in [5, 5.41) is 4.09. The van der Waals surface area contributed by atoms with E-state index in [4.69, 9.17) is 35.4 Å². The predicted octanol–water partition coefficient (Wildman–Crippen LogP) is 4.62. The van der Waals surface area contributed by atoms with Crippen LogP contribution in [-0.2, 0) is 0 Å². The van der Waals surface area contributed by atoms with E-state index in [1.165, 1.54) is 11.1 Å². The Morgan fingerprint density at radius 1 is 1.21 bits per heavy atom. The molecule has 4 rings (SSSR count). The van der Waals surface area contributed by atoms with Crippen LogP contribution < -0.4 is 10.2 Å². The van der Waals surface area contributed by atoms with E-state index in [2.05, 4.69) is 47.3 Å². The highest BCUT2D eigenvalue weighted by atomic mass is 35.5. The summed E-state index contributed by atoms with van der Waals surface area (Å²) in [4.78, 5) is 17.2. The van der Waals surface area contributed by atoms with Crippen LogP contribution in [-0.4, -0.2) is 42.1 Å². The number of aryl methyl sites for hydroxylation is 1. The van der Waals surface area contributed by atoms with Crippen molar-refractivity contribution in [2.75, 3.05) is 25.0 Å². The van der Waals surface area contributed by atoms with Gasteiger partial charge in [0.15, 0.2) is 5.11 Å². The Morgan fingerprint density at radius 2 is 2.00 bits per heavy atom. The van der Waals surface area contributed by atoms with E-state index >= 15 is 0 Å². The number of piperidine rings is 1. The van der Waals surface area contributed by atoms with Gasteiger partial charge >= 0.3 is 0 Å². The van der Waals surface area contributed by atoms with E-state index in [0.717, 1.165) is 25.2 Å². The second kappa shape index (κ2) is 7.64. The summed E-state index contributed by atoms with van der Waals surface area (Å²) in [5.41, 5.74) is 3.98. The number of rotatable bonds is 1. The van der Waals surface area contributed by atoms with Gasteiger partial charge in [-0.3, -0.25) is 10.1 Å². The molecule has 4 nitrogen and oxygen atoms in total. The molecule has 0 aliphatic carbocycles. The number of carbonyl (C=O) groups is 1. The van der Waals surface area contributed by atoms with E-state index < -0.39 is 0 Å². The highest BCUT2D eigenvalue weighted by molar-refractivity contribution is 7.80. The molecule has 0 unspecified atom stereocenters. The molecule has 1 amide bonds. The summed E-state index contributed by atoms with van der Waals surface area (Å²) in [6, 6.07) is 11.5. The minimum atomic E-state index is -0.322. The maximum absolute atomic E-state index is 12.8. The minimum absolute atomic E-state index is 0.251. The first-order chi connectivity index (χ1) is 13.3. The molecule has 28 heavy (non-hydrogen) atoms. The molecule has 1 saturated heterocycles. The molecule has 2 aromatic rings. The van der Waals surface area contributed by atoms with Crippen molar-refractivity contribution in [1.29, 1.82) is 0 Å². The number of amides is 1. The third-order valence-electron chi connectivity index (χ3n) is 5.57. The number of hydrogen-bond donors (Lipinski definition) is 1. The minimum Gasteiger partial charge on any atom is -0.315 e. The monoisotopic (exact) mass is 433 g/mol. The number of benzene rings is 2. The van der Waals surface area contributed by atoms with Crippen molar-refractivity contribution in [2.45, 2.75) is 25.3 Å². The lowest BCUT2D eigenvalue weighted by Gasteiger charge is -2.37. The number of likely N-dealkylation sites (N-methyl/N-ethyl adjacent to an activating group) is 1. The number of nitrogens with one attached hydrogen (secondary N) is 1. The van der Waals surface area contributed by atoms with Crippen molar-refractivity contribution in [1.82, 2.24) is 10.2 Å². The highest BCUT2D eigenvalue weighted by Gasteiger charge is 2.43. The first-order valence-electron chi connectivity index (χ1n) is 9.24. The largest absolute Gasteiger partial charge is 0.315 e. The van der Waals surface area contributed by atoms with Gasteiger partial charge in [0.05, 0.1) is 10.6 Å². The molecule has 7 heteroatoms. The molecule has 0 saturated carbocycles. The van der Waals surface area contributed by atoms with Gasteiger partial charge in [-0.1, -0.05) is 40.9 Å². The smallest absolute Gasteiger partial charge is 0.258 e. The molecule has 2 aliphatic rings. The van der Waals surface area contributed by atoms with E-state index in [-0.39, 0.29) is 11.9 Å². The van der Waals surface area contributed by atoms with Crippen LogP contribution in [0.2, 0.25) is 10.0 Å². The topological polar surface area (TPSA) is 35.6 Å². The van der Waals surface area contributed by atoms with Crippen LogP contribution in [0.25, 0.3) is 0 Å². The summed E-state index contributed by atoms with van der Waals surface area (Å²) in [5.74, 6) is 0.0549. The zero-order valence-electron chi connectivity index (χ0n) is 15.7. The van der Waals surface area contributed by atoms with Gasteiger partial charge in [0.25, 0.3) is 5.91 Å². The van der Waals surface area contributed by atoms with Crippen molar-refractivity contribution in [3.8, 4) is 0 Å². The molecule has 0 radical (unpaired) electrons. The standard InChI is InChI=1S/C21H21Cl2N3OS/c1-12-3-6-18-15(9-12)16-11-25(2)8-7-19(16)26(18)21(28)24-20(27)14-5-4-13(22)10-17(14)23/h3-6,9-10,16,19H,7-8,11H2,1-2H3,(H,24,27,28)/t16-,19+/m1/s1. The number of thiocarbonyl (C=S) groups is 1. The van der Waals surface area contributed by atoms with E-state index in [0.29, 0.717) is 26.6 Å². The average Bonchev–Trinajstić information content (AvgIpc) is 2.94. The SMILES string of the molecule is Cc1ccc2c(c1)[C@H]1CN(C)CC[C@@H]1N2C(=S)NC(=O)c1ccc(Cl)cc1Cl. The summed E-state index contributed by atoms with van der Waals surface area (Å²) in [7, 11) is 2.15. The van der Waals surface area contributed by atoms with Crippen LogP contribution in [0.5, 0.6) is 0 Å². The van der Waals surface area contributed by atoms with Gasteiger partial charge in [-0.2, -0.15) is 0 Å². The lowest BCUT2D eigenvalue weighted by Crippen LogP contribution is -2.51. The number of carbonyl (C=O) groups excluding carboxylic acids is 1. The van der Waals surface area contributed by atoms with Gasteiger partial charge in [-0.25, -0.2) is 0 Å². The van der Waals surface area contributed by atoms with Crippen molar-refractivity contribution < 1.29 is 4.79 Å². The second-order valence-electron chi connectivity index (χ2n) is 7.54. The summed E-state index contributed by atoms with van der Waals surface area (Å²) in [6.07, 6.45) is 0.993. The van der Waals surface area contributed by atoms with Gasteiger partial charge in [0.2, 0.25) is 0 Å². The lowest BCUT2D eigenvalue weighted by molar-refractivity contribution is 0.0977. The fraction of sp³-hybridized carbons (Fsp3) is 0.333. The third-order valence-corrected chi connectivity index (χ3v) is 6.41.